The van der Waals surface area contributed by atoms with Gasteiger partial charge in [-0.3, -0.25) is 0 Å². The second kappa shape index (κ2) is 8.53. The van der Waals surface area contributed by atoms with Crippen molar-refractivity contribution in [3.05, 3.63) is 0 Å². The normalized spacial score (nSPS) is 10.9. The van der Waals surface area contributed by atoms with Crippen LogP contribution < -0.4 is 0 Å². The minimum absolute atomic E-state index is 0.900. The van der Waals surface area contributed by atoms with Crippen molar-refractivity contribution in [2.75, 3.05) is 6.16 Å². The van der Waals surface area contributed by atoms with Crippen molar-refractivity contribution in [3.8, 4) is 0 Å². The number of rotatable bonds is 7. The van der Waals surface area contributed by atoms with Crippen molar-refractivity contribution < 1.29 is 0 Å². The van der Waals surface area contributed by atoms with Gasteiger partial charge in [0.1, 0.15) is 0 Å². The maximum absolute atomic E-state index is 2.79. The molecule has 0 aromatic heterocycles. The van der Waals surface area contributed by atoms with Crippen LogP contribution in [0.2, 0.25) is 0 Å². The van der Waals surface area contributed by atoms with Gasteiger partial charge >= 0.3 is 0 Å². The van der Waals surface area contributed by atoms with Gasteiger partial charge in [-0.05, 0) is 18.5 Å². The van der Waals surface area contributed by atoms with E-state index in [0.29, 0.717) is 0 Å². The lowest BCUT2D eigenvalue weighted by Crippen LogP contribution is -1.87. The molecule has 1 atom stereocenters. The molecule has 0 aliphatic heterocycles. The average Bonchev–Trinajstić information content (AvgIpc) is 1.96. The summed E-state index contributed by atoms with van der Waals surface area (Å²) in [5, 5.41) is 0. The minimum Gasteiger partial charge on any atom is -0.138 e. The van der Waals surface area contributed by atoms with E-state index in [1.807, 2.05) is 0 Å². The van der Waals surface area contributed by atoms with E-state index in [-0.39, 0.29) is 0 Å². The monoisotopic (exact) mass is 174 g/mol. The summed E-state index contributed by atoms with van der Waals surface area (Å²) in [5.41, 5.74) is 0. The fourth-order valence-electron chi connectivity index (χ4n) is 1.23. The summed E-state index contributed by atoms with van der Waals surface area (Å²) < 4.78 is 0. The Bertz CT molecular complexity index is 69.3. The van der Waals surface area contributed by atoms with E-state index in [9.17, 15) is 0 Å². The van der Waals surface area contributed by atoms with Crippen LogP contribution in [-0.2, 0) is 0 Å². The largest absolute Gasteiger partial charge is 0.138 e. The molecule has 0 bridgehead atoms. The van der Waals surface area contributed by atoms with Crippen LogP contribution in [0.5, 0.6) is 0 Å². The summed E-state index contributed by atoms with van der Waals surface area (Å²) in [6.07, 6.45) is 9.86. The van der Waals surface area contributed by atoms with Gasteiger partial charge in [-0.2, -0.15) is 0 Å². The lowest BCUT2D eigenvalue weighted by Gasteiger charge is -2.03. The van der Waals surface area contributed by atoms with Gasteiger partial charge < -0.3 is 0 Å². The Morgan fingerprint density at radius 3 is 2.00 bits per heavy atom. The summed E-state index contributed by atoms with van der Waals surface area (Å²) in [5.74, 6) is 0.900. The first-order chi connectivity index (χ1) is 5.27. The number of hydrogen-bond donors (Lipinski definition) is 0. The van der Waals surface area contributed by atoms with E-state index in [0.717, 1.165) is 5.92 Å². The van der Waals surface area contributed by atoms with E-state index in [4.69, 9.17) is 0 Å². The van der Waals surface area contributed by atoms with Crippen LogP contribution in [0, 0.1) is 5.92 Å². The van der Waals surface area contributed by atoms with Crippen LogP contribution in [0.25, 0.3) is 0 Å². The van der Waals surface area contributed by atoms with Crippen LogP contribution in [0.15, 0.2) is 0 Å². The van der Waals surface area contributed by atoms with Gasteiger partial charge in [0.05, 0.1) is 0 Å². The van der Waals surface area contributed by atoms with Crippen molar-refractivity contribution in [2.45, 2.75) is 52.4 Å². The molecule has 0 heterocycles. The Hall–Kier alpha value is 0.430. The van der Waals surface area contributed by atoms with Gasteiger partial charge in [0.25, 0.3) is 0 Å². The zero-order chi connectivity index (χ0) is 8.53. The van der Waals surface area contributed by atoms with E-state index in [1.54, 1.807) is 0 Å². The molecule has 1 unspecified atom stereocenters. The van der Waals surface area contributed by atoms with E-state index in [1.165, 1.54) is 44.7 Å². The lowest BCUT2D eigenvalue weighted by molar-refractivity contribution is 0.519. The smallest absolute Gasteiger partial charge is 0.0381 e. The van der Waals surface area contributed by atoms with Gasteiger partial charge in [0.2, 0.25) is 0 Å². The molecule has 0 aliphatic carbocycles. The van der Waals surface area contributed by atoms with Gasteiger partial charge in [-0.15, -0.1) is 9.24 Å². The third-order valence-electron chi connectivity index (χ3n) is 1.99. The topological polar surface area (TPSA) is 0 Å². The summed E-state index contributed by atoms with van der Waals surface area (Å²) in [7, 11) is 2.79. The molecular formula is C10H23P. The van der Waals surface area contributed by atoms with Crippen molar-refractivity contribution in [1.82, 2.24) is 0 Å². The molecule has 0 saturated carbocycles. The lowest BCUT2D eigenvalue weighted by atomic mass is 10.0. The number of unbranched alkanes of at least 4 members (excludes halogenated alkanes) is 4. The second-order valence-corrected chi connectivity index (χ2v) is 4.32. The van der Waals surface area contributed by atoms with Crippen molar-refractivity contribution >= 4 is 9.24 Å². The molecule has 0 aliphatic rings. The Morgan fingerprint density at radius 2 is 1.45 bits per heavy atom. The molecule has 0 fully saturated rings. The molecule has 0 N–H and O–H groups in total. The highest BCUT2D eigenvalue weighted by Crippen LogP contribution is 2.10. The molecule has 0 spiro atoms. The quantitative estimate of drug-likeness (QED) is 0.406. The minimum atomic E-state index is 0.900. The fraction of sp³-hybridized carbons (Fsp3) is 1.00. The molecule has 0 nitrogen and oxygen atoms in total. The Morgan fingerprint density at radius 1 is 0.909 bits per heavy atom. The van der Waals surface area contributed by atoms with Crippen molar-refractivity contribution in [2.24, 2.45) is 5.92 Å². The summed E-state index contributed by atoms with van der Waals surface area (Å²) in [6.45, 7) is 4.62. The van der Waals surface area contributed by atoms with E-state index >= 15 is 0 Å². The zero-order valence-corrected chi connectivity index (χ0v) is 9.26. The van der Waals surface area contributed by atoms with Crippen LogP contribution >= 0.6 is 9.24 Å². The molecule has 0 saturated heterocycles. The number of hydrogen-bond acceptors (Lipinski definition) is 0. The Balaban J connectivity index is 2.80. The summed E-state index contributed by atoms with van der Waals surface area (Å²) >= 11 is 0. The zero-order valence-electron chi connectivity index (χ0n) is 8.10. The van der Waals surface area contributed by atoms with Gasteiger partial charge in [0, 0.05) is 0 Å². The maximum Gasteiger partial charge on any atom is -0.0381 e. The molecule has 0 rings (SSSR count). The van der Waals surface area contributed by atoms with Crippen LogP contribution in [0.1, 0.15) is 52.4 Å². The molecule has 1 heteroatoms. The molecule has 11 heavy (non-hydrogen) atoms. The first-order valence-corrected chi connectivity index (χ1v) is 5.79. The maximum atomic E-state index is 2.79. The van der Waals surface area contributed by atoms with Crippen LogP contribution in [-0.4, -0.2) is 6.16 Å². The van der Waals surface area contributed by atoms with Crippen molar-refractivity contribution in [1.29, 1.82) is 0 Å². The van der Waals surface area contributed by atoms with E-state index < -0.39 is 0 Å². The highest BCUT2D eigenvalue weighted by atomic mass is 31.0. The van der Waals surface area contributed by atoms with Gasteiger partial charge in [-0.1, -0.05) is 46.0 Å². The highest BCUT2D eigenvalue weighted by Gasteiger charge is 1.93. The van der Waals surface area contributed by atoms with Crippen LogP contribution in [0.3, 0.4) is 0 Å². The molecule has 0 aromatic carbocycles. The van der Waals surface area contributed by atoms with Gasteiger partial charge in [-0.25, -0.2) is 0 Å². The SMILES string of the molecule is CC(C)CCCCCCCP. The highest BCUT2D eigenvalue weighted by molar-refractivity contribution is 7.16. The predicted octanol–water partition coefficient (Wildman–Crippen LogP) is 3.86. The van der Waals surface area contributed by atoms with Crippen LogP contribution in [0.4, 0.5) is 0 Å². The Labute approximate surface area is 74.4 Å². The fourth-order valence-corrected chi connectivity index (χ4v) is 1.52. The summed E-state index contributed by atoms with van der Waals surface area (Å²) in [4.78, 5) is 0. The third-order valence-corrected chi connectivity index (χ3v) is 2.39. The first-order valence-electron chi connectivity index (χ1n) is 4.97. The molecule has 0 aromatic rings. The van der Waals surface area contributed by atoms with Crippen molar-refractivity contribution in [3.63, 3.8) is 0 Å². The predicted molar refractivity (Wildman–Crippen MR) is 57.1 cm³/mol. The second-order valence-electron chi connectivity index (χ2n) is 3.74. The molecule has 0 amide bonds. The molecule has 0 radical (unpaired) electrons. The van der Waals surface area contributed by atoms with Gasteiger partial charge in [0.15, 0.2) is 0 Å². The summed E-state index contributed by atoms with van der Waals surface area (Å²) in [6, 6.07) is 0. The average molecular weight is 174 g/mol. The molecular weight excluding hydrogens is 151 g/mol. The van der Waals surface area contributed by atoms with E-state index in [2.05, 4.69) is 23.1 Å². The third kappa shape index (κ3) is 10.4. The molecule has 68 valence electrons. The first kappa shape index (κ1) is 11.4. The Kier molecular flexibility index (Phi) is 8.86. The standard InChI is InChI=1S/C10H23P/c1-10(2)8-6-4-3-5-7-9-11/h10H,3-9,11H2,1-2H3.